The second-order valence-corrected chi connectivity index (χ2v) is 10.9. The lowest BCUT2D eigenvalue weighted by Gasteiger charge is -2.27. The third-order valence-electron chi connectivity index (χ3n) is 4.78. The van der Waals surface area contributed by atoms with Crippen molar-refractivity contribution >= 4 is 105 Å². The Morgan fingerprint density at radius 3 is 1.97 bits per heavy atom. The molecule has 0 spiro atoms. The monoisotopic (exact) mass is 726 g/mol. The van der Waals surface area contributed by atoms with Crippen LogP contribution < -0.4 is 5.32 Å². The third-order valence-corrected chi connectivity index (χ3v) is 9.87. The summed E-state index contributed by atoms with van der Waals surface area (Å²) in [5, 5.41) is 2.87. The molecule has 0 aromatic heterocycles. The highest BCUT2D eigenvalue weighted by Gasteiger charge is 2.47. The number of nitrogens with one attached hydrogen (secondary N) is 1. The van der Waals surface area contributed by atoms with Crippen LogP contribution in [0.15, 0.2) is 42.2 Å². The first-order valence-electron chi connectivity index (χ1n) is 9.42. The highest BCUT2D eigenvalue weighted by Crippen LogP contribution is 2.46. The first kappa shape index (κ1) is 26.3. The van der Waals surface area contributed by atoms with Crippen LogP contribution in [0, 0.1) is 5.92 Å². The van der Waals surface area contributed by atoms with E-state index in [1.54, 1.807) is 38.1 Å². The Kier molecular flexibility index (Phi) is 8.42. The molecule has 0 saturated carbocycles. The first-order valence-corrected chi connectivity index (χ1v) is 13.0. The third kappa shape index (κ3) is 5.07. The number of esters is 1. The molecule has 1 N–H and O–H groups in total. The molecule has 1 heterocycles. The zero-order chi connectivity index (χ0) is 24.6. The number of amides is 3. The van der Waals surface area contributed by atoms with E-state index in [4.69, 9.17) is 16.3 Å². The van der Waals surface area contributed by atoms with Crippen molar-refractivity contribution in [3.63, 3.8) is 0 Å². The number of hydrogen-bond donors (Lipinski definition) is 1. The number of benzene rings is 2. The van der Waals surface area contributed by atoms with E-state index in [1.807, 2.05) is 0 Å². The Labute approximate surface area is 228 Å². The molecule has 0 radical (unpaired) electrons. The maximum Gasteiger partial charge on any atom is 0.330 e. The topological polar surface area (TPSA) is 92.8 Å². The number of rotatable bonds is 6. The number of fused-ring (bicyclic) bond motifs is 1. The highest BCUT2D eigenvalue weighted by atomic mass is 79.9. The summed E-state index contributed by atoms with van der Waals surface area (Å²) < 4.78 is 7.01. The van der Waals surface area contributed by atoms with Crippen molar-refractivity contribution in [2.75, 3.05) is 11.9 Å². The number of para-hydroxylation sites is 1. The minimum absolute atomic E-state index is 0.122. The summed E-state index contributed by atoms with van der Waals surface area (Å²) in [5.74, 6) is -3.26. The number of nitrogens with zero attached hydrogens (tertiary/aromatic N) is 1. The Morgan fingerprint density at radius 1 is 0.970 bits per heavy atom. The molecule has 1 aliphatic rings. The van der Waals surface area contributed by atoms with Gasteiger partial charge < -0.3 is 10.1 Å². The summed E-state index contributed by atoms with van der Waals surface area (Å²) in [4.78, 5) is 52.5. The fourth-order valence-corrected chi connectivity index (χ4v) is 5.91. The Balaban J connectivity index is 1.82. The Hall–Kier alpha value is -1.27. The quantitative estimate of drug-likeness (QED) is 0.166. The minimum atomic E-state index is -1.23. The number of carbonyl (C=O) groups excluding carboxylic acids is 4. The fourth-order valence-electron chi connectivity index (χ4n) is 3.27. The second kappa shape index (κ2) is 10.6. The summed E-state index contributed by atoms with van der Waals surface area (Å²) in [6.45, 7) is 2.74. The number of ether oxygens (including phenoxy) is 1. The molecule has 3 rings (SSSR count). The lowest BCUT2D eigenvalue weighted by atomic mass is 10.0. The van der Waals surface area contributed by atoms with Crippen molar-refractivity contribution in [3.8, 4) is 0 Å². The SMILES string of the molecule is CC(C)[C@H](C(=O)OCC(=O)Nc1ccccc1Cl)N1C(=O)c2c(Br)c(Br)c(Br)c(Br)c2C1=O. The van der Waals surface area contributed by atoms with Crippen LogP contribution in [-0.4, -0.2) is 41.2 Å². The van der Waals surface area contributed by atoms with Gasteiger partial charge in [0.1, 0.15) is 6.04 Å². The average molecular weight is 730 g/mol. The van der Waals surface area contributed by atoms with Crippen molar-refractivity contribution in [1.82, 2.24) is 4.90 Å². The summed E-state index contributed by atoms with van der Waals surface area (Å²) in [5.41, 5.74) is 0.612. The van der Waals surface area contributed by atoms with Crippen LogP contribution in [0.25, 0.3) is 0 Å². The van der Waals surface area contributed by atoms with E-state index in [1.165, 1.54) is 0 Å². The van der Waals surface area contributed by atoms with E-state index in [0.717, 1.165) is 4.90 Å². The molecule has 174 valence electrons. The normalized spacial score (nSPS) is 13.9. The van der Waals surface area contributed by atoms with Crippen LogP contribution in [-0.2, 0) is 14.3 Å². The smallest absolute Gasteiger partial charge is 0.330 e. The zero-order valence-corrected chi connectivity index (χ0v) is 24.1. The van der Waals surface area contributed by atoms with Gasteiger partial charge in [-0.15, -0.1) is 0 Å². The van der Waals surface area contributed by atoms with Crippen LogP contribution >= 0.6 is 75.3 Å². The molecule has 0 aliphatic carbocycles. The van der Waals surface area contributed by atoms with Crippen LogP contribution in [0.2, 0.25) is 5.02 Å². The fraction of sp³-hybridized carbons (Fsp3) is 0.238. The van der Waals surface area contributed by atoms with E-state index < -0.39 is 42.3 Å². The highest BCUT2D eigenvalue weighted by molar-refractivity contribution is 9.15. The first-order chi connectivity index (χ1) is 15.5. The van der Waals surface area contributed by atoms with E-state index in [2.05, 4.69) is 69.0 Å². The van der Waals surface area contributed by atoms with Crippen molar-refractivity contribution in [2.45, 2.75) is 19.9 Å². The molecule has 2 aromatic carbocycles. The van der Waals surface area contributed by atoms with Crippen LogP contribution in [0.4, 0.5) is 5.69 Å². The predicted octanol–water partition coefficient (Wildman–Crippen LogP) is 6.19. The van der Waals surface area contributed by atoms with E-state index in [-0.39, 0.29) is 11.1 Å². The molecule has 0 unspecified atom stereocenters. The Morgan fingerprint density at radius 2 is 1.48 bits per heavy atom. The summed E-state index contributed by atoms with van der Waals surface area (Å²) >= 11 is 19.4. The van der Waals surface area contributed by atoms with E-state index in [9.17, 15) is 19.2 Å². The van der Waals surface area contributed by atoms with Gasteiger partial charge in [-0.3, -0.25) is 19.3 Å². The van der Waals surface area contributed by atoms with Crippen LogP contribution in [0.5, 0.6) is 0 Å². The van der Waals surface area contributed by atoms with Gasteiger partial charge in [0.2, 0.25) is 0 Å². The Bertz CT molecular complexity index is 1140. The molecule has 7 nitrogen and oxygen atoms in total. The van der Waals surface area contributed by atoms with E-state index >= 15 is 0 Å². The van der Waals surface area contributed by atoms with E-state index in [0.29, 0.717) is 28.6 Å². The molecule has 0 saturated heterocycles. The van der Waals surface area contributed by atoms with Crippen LogP contribution in [0.1, 0.15) is 34.6 Å². The molecule has 1 aliphatic heterocycles. The molecule has 3 amide bonds. The molecular formula is C21H15Br4ClN2O5. The van der Waals surface area contributed by atoms with Gasteiger partial charge >= 0.3 is 5.97 Å². The predicted molar refractivity (Wildman–Crippen MR) is 137 cm³/mol. The minimum Gasteiger partial charge on any atom is -0.454 e. The molecule has 1 atom stereocenters. The molecular weight excluding hydrogens is 715 g/mol. The average Bonchev–Trinajstić information content (AvgIpc) is 3.01. The lowest BCUT2D eigenvalue weighted by Crippen LogP contribution is -2.49. The largest absolute Gasteiger partial charge is 0.454 e. The number of halogens is 5. The van der Waals surface area contributed by atoms with Crippen molar-refractivity contribution in [1.29, 1.82) is 0 Å². The number of hydrogen-bond acceptors (Lipinski definition) is 5. The summed E-state index contributed by atoms with van der Waals surface area (Å²) in [6.07, 6.45) is 0. The molecule has 0 fully saturated rings. The van der Waals surface area contributed by atoms with Crippen molar-refractivity contribution < 1.29 is 23.9 Å². The number of carbonyl (C=O) groups is 4. The molecule has 2 aromatic rings. The standard InChI is InChI=1S/C21H15Br4ClN2O5/c1-8(2)18(21(32)33-7-11(29)27-10-6-4-3-5-9(10)26)28-19(30)12-13(20(28)31)15(23)17(25)16(24)14(12)22/h3-6,8,18H,7H2,1-2H3,(H,27,29)/t18-/m1/s1. The number of imide groups is 1. The second-order valence-electron chi connectivity index (χ2n) is 7.31. The summed E-state index contributed by atoms with van der Waals surface area (Å²) in [7, 11) is 0. The molecule has 33 heavy (non-hydrogen) atoms. The van der Waals surface area contributed by atoms with Gasteiger partial charge in [0.15, 0.2) is 6.61 Å². The maximum atomic E-state index is 13.2. The van der Waals surface area contributed by atoms with Crippen molar-refractivity contribution in [3.05, 3.63) is 58.3 Å². The summed E-state index contributed by atoms with van der Waals surface area (Å²) in [6, 6.07) is 5.37. The van der Waals surface area contributed by atoms with Gasteiger partial charge in [-0.25, -0.2) is 4.79 Å². The maximum absolute atomic E-state index is 13.2. The van der Waals surface area contributed by atoms with Gasteiger partial charge in [-0.05, 0) is 81.8 Å². The van der Waals surface area contributed by atoms with Gasteiger partial charge in [0.05, 0.1) is 21.8 Å². The van der Waals surface area contributed by atoms with Crippen LogP contribution in [0.3, 0.4) is 0 Å². The van der Waals surface area contributed by atoms with Crippen molar-refractivity contribution in [2.24, 2.45) is 5.92 Å². The van der Waals surface area contributed by atoms with Gasteiger partial charge in [0, 0.05) is 17.9 Å². The molecule has 0 bridgehead atoms. The van der Waals surface area contributed by atoms with Gasteiger partial charge in [-0.1, -0.05) is 37.6 Å². The zero-order valence-electron chi connectivity index (χ0n) is 17.0. The molecule has 12 heteroatoms. The number of anilines is 1. The van der Waals surface area contributed by atoms with Gasteiger partial charge in [0.25, 0.3) is 17.7 Å². The lowest BCUT2D eigenvalue weighted by molar-refractivity contribution is -0.152. The van der Waals surface area contributed by atoms with Gasteiger partial charge in [-0.2, -0.15) is 0 Å².